The molecule has 1 aromatic carbocycles. The molecule has 1 amide bonds. The molecule has 22 heavy (non-hydrogen) atoms. The summed E-state index contributed by atoms with van der Waals surface area (Å²) < 4.78 is 40.9. The highest BCUT2D eigenvalue weighted by Gasteiger charge is 2.31. The van der Waals surface area contributed by atoms with Crippen LogP contribution in [0.4, 0.5) is 13.2 Å². The summed E-state index contributed by atoms with van der Waals surface area (Å²) in [7, 11) is 0. The van der Waals surface area contributed by atoms with E-state index in [4.69, 9.17) is 0 Å². The van der Waals surface area contributed by atoms with E-state index >= 15 is 0 Å². The van der Waals surface area contributed by atoms with Crippen LogP contribution >= 0.6 is 0 Å². The summed E-state index contributed by atoms with van der Waals surface area (Å²) in [5.41, 5.74) is 0.418. The molecule has 4 nitrogen and oxygen atoms in total. The highest BCUT2D eigenvalue weighted by molar-refractivity contribution is 5.78. The predicted molar refractivity (Wildman–Crippen MR) is 75.4 cm³/mol. The van der Waals surface area contributed by atoms with E-state index in [9.17, 15) is 18.0 Å². The van der Waals surface area contributed by atoms with Gasteiger partial charge >= 0.3 is 6.36 Å². The maximum absolute atomic E-state index is 12.3. The van der Waals surface area contributed by atoms with Gasteiger partial charge in [-0.1, -0.05) is 18.2 Å². The molecule has 0 aromatic heterocycles. The van der Waals surface area contributed by atoms with E-state index in [1.807, 2.05) is 0 Å². The molecular weight excluding hydrogens is 297 g/mol. The number of piperidine rings is 1. The zero-order chi connectivity index (χ0) is 16.0. The summed E-state index contributed by atoms with van der Waals surface area (Å²) in [6.45, 7) is 1.86. The molecule has 0 aliphatic carbocycles. The molecule has 1 aromatic rings. The maximum atomic E-state index is 12.3. The van der Waals surface area contributed by atoms with E-state index in [1.54, 1.807) is 12.1 Å². The van der Waals surface area contributed by atoms with Crippen LogP contribution in [0.1, 0.15) is 18.4 Å². The molecule has 0 radical (unpaired) electrons. The summed E-state index contributed by atoms with van der Waals surface area (Å²) in [5.74, 6) is -0.333. The Bertz CT molecular complexity index is 500. The molecule has 1 fully saturated rings. The third-order valence-corrected chi connectivity index (χ3v) is 3.56. The number of hydrogen-bond donors (Lipinski definition) is 2. The average molecular weight is 316 g/mol. The van der Waals surface area contributed by atoms with E-state index in [-0.39, 0.29) is 30.5 Å². The normalized spacial score (nSPS) is 18.8. The van der Waals surface area contributed by atoms with Crippen LogP contribution in [0.25, 0.3) is 0 Å². The Balaban J connectivity index is 1.85. The van der Waals surface area contributed by atoms with Crippen LogP contribution < -0.4 is 15.4 Å². The molecule has 1 heterocycles. The third-order valence-electron chi connectivity index (χ3n) is 3.56. The number of para-hydroxylation sites is 1. The van der Waals surface area contributed by atoms with Crippen molar-refractivity contribution in [3.8, 4) is 5.75 Å². The first-order chi connectivity index (χ1) is 10.5. The Morgan fingerprint density at radius 2 is 2.14 bits per heavy atom. The van der Waals surface area contributed by atoms with Gasteiger partial charge < -0.3 is 15.4 Å². The van der Waals surface area contributed by atoms with Crippen molar-refractivity contribution in [2.75, 3.05) is 19.6 Å². The molecule has 7 heteroatoms. The first-order valence-electron chi connectivity index (χ1n) is 7.28. The lowest BCUT2D eigenvalue weighted by molar-refractivity contribution is -0.274. The largest absolute Gasteiger partial charge is 0.573 e. The quantitative estimate of drug-likeness (QED) is 0.876. The lowest BCUT2D eigenvalue weighted by atomic mass is 9.99. The predicted octanol–water partition coefficient (Wildman–Crippen LogP) is 2.24. The highest BCUT2D eigenvalue weighted by Crippen LogP contribution is 2.26. The summed E-state index contributed by atoms with van der Waals surface area (Å²) in [4.78, 5) is 11.9. The molecule has 122 valence electrons. The van der Waals surface area contributed by atoms with Crippen LogP contribution in [0, 0.1) is 5.92 Å². The molecule has 1 saturated heterocycles. The van der Waals surface area contributed by atoms with Crippen LogP contribution in [0.5, 0.6) is 5.75 Å². The van der Waals surface area contributed by atoms with Crippen molar-refractivity contribution >= 4 is 5.91 Å². The smallest absolute Gasteiger partial charge is 0.406 e. The minimum atomic E-state index is -4.72. The fourth-order valence-electron chi connectivity index (χ4n) is 2.47. The third kappa shape index (κ3) is 5.22. The lowest BCUT2D eigenvalue weighted by Gasteiger charge is -2.22. The van der Waals surface area contributed by atoms with Crippen molar-refractivity contribution < 1.29 is 22.7 Å². The van der Waals surface area contributed by atoms with Crippen molar-refractivity contribution in [3.63, 3.8) is 0 Å². The van der Waals surface area contributed by atoms with Gasteiger partial charge in [0.2, 0.25) is 5.91 Å². The summed E-state index contributed by atoms with van der Waals surface area (Å²) >= 11 is 0. The number of carbonyl (C=O) groups is 1. The standard InChI is InChI=1S/C15H19F3N2O2/c16-15(17,18)22-13-6-2-1-4-11(13)7-9-20-14(21)12-5-3-8-19-10-12/h1-2,4,6,12,19H,3,5,7-10H2,(H,20,21). The topological polar surface area (TPSA) is 50.4 Å². The molecular formula is C15H19F3N2O2. The molecule has 1 aliphatic rings. The lowest BCUT2D eigenvalue weighted by Crippen LogP contribution is -2.41. The fraction of sp³-hybridized carbons (Fsp3) is 0.533. The maximum Gasteiger partial charge on any atom is 0.573 e. The molecule has 0 spiro atoms. The zero-order valence-electron chi connectivity index (χ0n) is 12.1. The summed E-state index contributed by atoms with van der Waals surface area (Å²) in [5, 5.41) is 5.93. The van der Waals surface area contributed by atoms with E-state index in [0.29, 0.717) is 12.1 Å². The van der Waals surface area contributed by atoms with E-state index in [0.717, 1.165) is 19.4 Å². The number of benzene rings is 1. The van der Waals surface area contributed by atoms with E-state index < -0.39 is 6.36 Å². The van der Waals surface area contributed by atoms with Gasteiger partial charge in [0, 0.05) is 13.1 Å². The number of alkyl halides is 3. The van der Waals surface area contributed by atoms with Gasteiger partial charge in [-0.05, 0) is 37.4 Å². The van der Waals surface area contributed by atoms with Gasteiger partial charge in [0.05, 0.1) is 5.92 Å². The minimum absolute atomic E-state index is 0.0542. The monoisotopic (exact) mass is 316 g/mol. The number of amides is 1. The van der Waals surface area contributed by atoms with Crippen molar-refractivity contribution in [3.05, 3.63) is 29.8 Å². The minimum Gasteiger partial charge on any atom is -0.406 e. The number of nitrogens with one attached hydrogen (secondary N) is 2. The van der Waals surface area contributed by atoms with Crippen LogP contribution in [-0.4, -0.2) is 31.9 Å². The van der Waals surface area contributed by atoms with Crippen molar-refractivity contribution in [2.45, 2.75) is 25.6 Å². The average Bonchev–Trinajstić information content (AvgIpc) is 2.48. The molecule has 0 saturated carbocycles. The van der Waals surface area contributed by atoms with Gasteiger partial charge in [-0.3, -0.25) is 4.79 Å². The molecule has 1 aliphatic heterocycles. The number of hydrogen-bond acceptors (Lipinski definition) is 3. The Hall–Kier alpha value is -1.76. The second kappa shape index (κ2) is 7.49. The van der Waals surface area contributed by atoms with Crippen LogP contribution in [0.2, 0.25) is 0 Å². The van der Waals surface area contributed by atoms with Gasteiger partial charge in [-0.2, -0.15) is 0 Å². The van der Waals surface area contributed by atoms with Crippen molar-refractivity contribution in [1.29, 1.82) is 0 Å². The molecule has 1 unspecified atom stereocenters. The van der Waals surface area contributed by atoms with Gasteiger partial charge in [0.1, 0.15) is 5.75 Å². The van der Waals surface area contributed by atoms with E-state index in [1.165, 1.54) is 12.1 Å². The van der Waals surface area contributed by atoms with Gasteiger partial charge in [-0.25, -0.2) is 0 Å². The van der Waals surface area contributed by atoms with Gasteiger partial charge in [0.25, 0.3) is 0 Å². The van der Waals surface area contributed by atoms with Crippen LogP contribution in [0.3, 0.4) is 0 Å². The second-order valence-electron chi connectivity index (χ2n) is 5.24. The van der Waals surface area contributed by atoms with Crippen molar-refractivity contribution in [1.82, 2.24) is 10.6 Å². The Morgan fingerprint density at radius 1 is 1.36 bits per heavy atom. The summed E-state index contributed by atoms with van der Waals surface area (Å²) in [6.07, 6.45) is -2.63. The number of rotatable bonds is 5. The molecule has 0 bridgehead atoms. The molecule has 2 rings (SSSR count). The second-order valence-corrected chi connectivity index (χ2v) is 5.24. The fourth-order valence-corrected chi connectivity index (χ4v) is 2.47. The Labute approximate surface area is 127 Å². The number of ether oxygens (including phenoxy) is 1. The SMILES string of the molecule is O=C(NCCc1ccccc1OC(F)(F)F)C1CCCNC1. The summed E-state index contributed by atoms with van der Waals surface area (Å²) in [6, 6.07) is 5.97. The Morgan fingerprint density at radius 3 is 2.82 bits per heavy atom. The van der Waals surface area contributed by atoms with Crippen LogP contribution in [-0.2, 0) is 11.2 Å². The molecule has 2 N–H and O–H groups in total. The van der Waals surface area contributed by atoms with Gasteiger partial charge in [0.15, 0.2) is 0 Å². The molecule has 1 atom stereocenters. The number of carbonyl (C=O) groups excluding carboxylic acids is 1. The zero-order valence-corrected chi connectivity index (χ0v) is 12.1. The van der Waals surface area contributed by atoms with Gasteiger partial charge in [-0.15, -0.1) is 13.2 Å². The van der Waals surface area contributed by atoms with Crippen molar-refractivity contribution in [2.24, 2.45) is 5.92 Å². The first-order valence-corrected chi connectivity index (χ1v) is 7.28. The van der Waals surface area contributed by atoms with E-state index in [2.05, 4.69) is 15.4 Å². The Kier molecular flexibility index (Phi) is 5.65. The number of halogens is 3. The first kappa shape index (κ1) is 16.6. The highest BCUT2D eigenvalue weighted by atomic mass is 19.4. The van der Waals surface area contributed by atoms with Crippen LogP contribution in [0.15, 0.2) is 24.3 Å².